The van der Waals surface area contributed by atoms with Crippen LogP contribution in [0.15, 0.2) is 35.5 Å². The Balaban J connectivity index is 1.82. The normalized spacial score (nSPS) is 43.0. The molecule has 0 saturated heterocycles. The van der Waals surface area contributed by atoms with Gasteiger partial charge in [0.15, 0.2) is 0 Å². The van der Waals surface area contributed by atoms with Gasteiger partial charge in [-0.15, -0.1) is 0 Å². The molecule has 0 bridgehead atoms. The number of hydrogen-bond donors (Lipinski definition) is 2. The fourth-order valence-electron chi connectivity index (χ4n) is 5.50. The molecule has 3 aliphatic carbocycles. The summed E-state index contributed by atoms with van der Waals surface area (Å²) in [5.74, 6) is 1.06. The molecule has 3 aliphatic rings. The lowest BCUT2D eigenvalue weighted by molar-refractivity contribution is 0.0302. The fourth-order valence-corrected chi connectivity index (χ4v) is 5.50. The van der Waals surface area contributed by atoms with Crippen LogP contribution in [0.25, 0.3) is 0 Å². The number of aliphatic hydroxyl groups excluding tert-OH is 2. The van der Waals surface area contributed by atoms with E-state index in [9.17, 15) is 10.2 Å². The highest BCUT2D eigenvalue weighted by Crippen LogP contribution is 2.58. The quantitative estimate of drug-likeness (QED) is 0.785. The number of hydrogen-bond acceptors (Lipinski definition) is 2. The van der Waals surface area contributed by atoms with Crippen LogP contribution in [-0.2, 0) is 0 Å². The Morgan fingerprint density at radius 1 is 1.17 bits per heavy atom. The first-order valence-electron chi connectivity index (χ1n) is 9.38. The lowest BCUT2D eigenvalue weighted by Gasteiger charge is -2.43. The molecule has 3 saturated carbocycles. The van der Waals surface area contributed by atoms with Crippen molar-refractivity contribution in [1.29, 1.82) is 0 Å². The van der Waals surface area contributed by atoms with Gasteiger partial charge in [-0.3, -0.25) is 0 Å². The largest absolute Gasteiger partial charge is 0.393 e. The Morgan fingerprint density at radius 3 is 2.70 bits per heavy atom. The lowest BCUT2D eigenvalue weighted by atomic mass is 9.62. The van der Waals surface area contributed by atoms with Crippen LogP contribution in [0.3, 0.4) is 0 Å². The zero-order valence-electron chi connectivity index (χ0n) is 14.7. The molecule has 0 aromatic rings. The molecule has 2 heteroatoms. The van der Waals surface area contributed by atoms with Crippen LogP contribution in [0.4, 0.5) is 0 Å². The van der Waals surface area contributed by atoms with Crippen molar-refractivity contribution < 1.29 is 10.2 Å². The highest BCUT2D eigenvalue weighted by molar-refractivity contribution is 5.37. The molecule has 0 heterocycles. The average molecular weight is 316 g/mol. The molecule has 23 heavy (non-hydrogen) atoms. The monoisotopic (exact) mass is 316 g/mol. The van der Waals surface area contributed by atoms with E-state index in [1.165, 1.54) is 31.3 Å². The number of aliphatic hydroxyl groups is 2. The molecule has 0 spiro atoms. The molecular weight excluding hydrogens is 284 g/mol. The first-order valence-corrected chi connectivity index (χ1v) is 9.38. The van der Waals surface area contributed by atoms with Gasteiger partial charge < -0.3 is 10.2 Å². The van der Waals surface area contributed by atoms with Crippen LogP contribution in [0.5, 0.6) is 0 Å². The van der Waals surface area contributed by atoms with Crippen molar-refractivity contribution in [3.63, 3.8) is 0 Å². The predicted octanol–water partition coefficient (Wildman–Crippen LogP) is 4.54. The molecule has 3 fully saturated rings. The minimum Gasteiger partial charge on any atom is -0.393 e. The molecule has 0 radical (unpaired) electrons. The van der Waals surface area contributed by atoms with Gasteiger partial charge in [0, 0.05) is 0 Å². The zero-order chi connectivity index (χ0) is 16.6. The van der Waals surface area contributed by atoms with Crippen molar-refractivity contribution in [3.8, 4) is 0 Å². The summed E-state index contributed by atoms with van der Waals surface area (Å²) in [4.78, 5) is 0. The van der Waals surface area contributed by atoms with Crippen molar-refractivity contribution in [2.75, 3.05) is 0 Å². The molecule has 5 unspecified atom stereocenters. The molecule has 3 rings (SSSR count). The molecule has 128 valence electrons. The zero-order valence-corrected chi connectivity index (χ0v) is 14.7. The summed E-state index contributed by atoms with van der Waals surface area (Å²) in [5.41, 5.74) is 3.97. The molecule has 2 nitrogen and oxygen atoms in total. The maximum absolute atomic E-state index is 10.2. The molecule has 0 amide bonds. The predicted molar refractivity (Wildman–Crippen MR) is 95.0 cm³/mol. The third kappa shape index (κ3) is 3.08. The summed E-state index contributed by atoms with van der Waals surface area (Å²) >= 11 is 0. The van der Waals surface area contributed by atoms with Gasteiger partial charge in [-0.2, -0.15) is 0 Å². The maximum Gasteiger partial charge on any atom is 0.0787 e. The van der Waals surface area contributed by atoms with Gasteiger partial charge in [-0.1, -0.05) is 31.2 Å². The minimum atomic E-state index is -0.351. The van der Waals surface area contributed by atoms with Gasteiger partial charge in [-0.05, 0) is 86.7 Å². The second kappa shape index (κ2) is 6.57. The Bertz CT molecular complexity index is 528. The molecule has 2 N–H and O–H groups in total. The number of fused-ring (bicyclic) bond motifs is 1. The maximum atomic E-state index is 10.2. The molecule has 0 aromatic heterocycles. The highest BCUT2D eigenvalue weighted by Gasteiger charge is 2.50. The van der Waals surface area contributed by atoms with Crippen LogP contribution in [0, 0.1) is 17.3 Å². The molecule has 0 aromatic carbocycles. The first kappa shape index (κ1) is 17.0. The molecule has 5 atom stereocenters. The average Bonchev–Trinajstić information content (AvgIpc) is 2.86. The van der Waals surface area contributed by atoms with Crippen LogP contribution in [-0.4, -0.2) is 22.4 Å². The van der Waals surface area contributed by atoms with Crippen LogP contribution < -0.4 is 0 Å². The smallest absolute Gasteiger partial charge is 0.0787 e. The Morgan fingerprint density at radius 2 is 1.96 bits per heavy atom. The first-order chi connectivity index (χ1) is 10.9. The van der Waals surface area contributed by atoms with E-state index in [0.717, 1.165) is 31.3 Å². The van der Waals surface area contributed by atoms with Crippen molar-refractivity contribution >= 4 is 0 Å². The Kier molecular flexibility index (Phi) is 4.85. The van der Waals surface area contributed by atoms with Crippen LogP contribution in [0.2, 0.25) is 0 Å². The summed E-state index contributed by atoms with van der Waals surface area (Å²) in [6.07, 6.45) is 13.0. The van der Waals surface area contributed by atoms with Crippen molar-refractivity contribution in [3.05, 3.63) is 35.5 Å². The van der Waals surface area contributed by atoms with E-state index in [-0.39, 0.29) is 17.6 Å². The third-order valence-electron chi connectivity index (χ3n) is 6.86. The summed E-state index contributed by atoms with van der Waals surface area (Å²) in [5, 5.41) is 20.2. The van der Waals surface area contributed by atoms with E-state index in [1.807, 2.05) is 6.92 Å². The number of rotatable bonds is 2. The Hall–Kier alpha value is -0.860. The lowest BCUT2D eigenvalue weighted by Crippen LogP contribution is -2.37. The van der Waals surface area contributed by atoms with Crippen LogP contribution >= 0.6 is 0 Å². The second-order valence-electron chi connectivity index (χ2n) is 8.20. The topological polar surface area (TPSA) is 40.5 Å². The van der Waals surface area contributed by atoms with E-state index in [1.54, 1.807) is 5.57 Å². The third-order valence-corrected chi connectivity index (χ3v) is 6.86. The summed E-state index contributed by atoms with van der Waals surface area (Å²) in [6, 6.07) is 0. The van der Waals surface area contributed by atoms with Gasteiger partial charge in [0.05, 0.1) is 12.2 Å². The number of allylic oxidation sites excluding steroid dienone is 3. The standard InChI is InChI=1S/C21H32O2/c1-14-16(6-4-8-20(14)23)9-10-17-7-5-13-21(3)18(15(2)22)11-12-19(17)21/h9-10,15,18-20,22-23H,1,4-8,11-13H2,2-3H3/b16-9-,17-10+. The molecular formula is C21H32O2. The van der Waals surface area contributed by atoms with E-state index >= 15 is 0 Å². The fraction of sp³-hybridized carbons (Fsp3) is 0.714. The van der Waals surface area contributed by atoms with Gasteiger partial charge in [0.2, 0.25) is 0 Å². The molecule has 0 aliphatic heterocycles. The summed E-state index contributed by atoms with van der Waals surface area (Å²) in [7, 11) is 0. The van der Waals surface area contributed by atoms with E-state index < -0.39 is 0 Å². The van der Waals surface area contributed by atoms with E-state index in [2.05, 4.69) is 25.7 Å². The van der Waals surface area contributed by atoms with E-state index in [4.69, 9.17) is 0 Å². The van der Waals surface area contributed by atoms with Gasteiger partial charge >= 0.3 is 0 Å². The minimum absolute atomic E-state index is 0.198. The van der Waals surface area contributed by atoms with E-state index in [0.29, 0.717) is 11.8 Å². The van der Waals surface area contributed by atoms with Crippen molar-refractivity contribution in [1.82, 2.24) is 0 Å². The van der Waals surface area contributed by atoms with Crippen LogP contribution in [0.1, 0.15) is 65.2 Å². The van der Waals surface area contributed by atoms with Gasteiger partial charge in [0.1, 0.15) is 0 Å². The highest BCUT2D eigenvalue weighted by atomic mass is 16.3. The van der Waals surface area contributed by atoms with Crippen molar-refractivity contribution in [2.45, 2.75) is 77.4 Å². The Labute approximate surface area is 141 Å². The summed E-state index contributed by atoms with van der Waals surface area (Å²) < 4.78 is 0. The van der Waals surface area contributed by atoms with Crippen molar-refractivity contribution in [2.24, 2.45) is 17.3 Å². The second-order valence-corrected chi connectivity index (χ2v) is 8.20. The van der Waals surface area contributed by atoms with Gasteiger partial charge in [0.25, 0.3) is 0 Å². The SMILES string of the molecule is C=C1/C(=C\C=C2/CCCC3(C)C2CCC3C(C)O)CCCC1O. The van der Waals surface area contributed by atoms with Gasteiger partial charge in [-0.25, -0.2) is 0 Å². The summed E-state index contributed by atoms with van der Waals surface area (Å²) in [6.45, 7) is 8.43.